The number of carbonyl (C=O) groups is 2. The van der Waals surface area contributed by atoms with Gasteiger partial charge in [-0.05, 0) is 54.8 Å². The Hall–Kier alpha value is -1.43. The number of nitrogens with zero attached hydrogens (tertiary/aromatic N) is 1. The highest BCUT2D eigenvalue weighted by Crippen LogP contribution is 2.13. The van der Waals surface area contributed by atoms with Crippen LogP contribution in [0.2, 0.25) is 0 Å². The standard InChI is InChI=1S/C15H21BrN2O3/c1-9(2)12(14(20)21-15(3,4)5)18-13(19)10-7-6-8-11(16)17-10/h6-9,12H,1-5H3,(H,18,19)/t12-/m0/s1. The van der Waals surface area contributed by atoms with E-state index in [1.54, 1.807) is 39.0 Å². The quantitative estimate of drug-likeness (QED) is 0.665. The molecule has 1 atom stereocenters. The lowest BCUT2D eigenvalue weighted by atomic mass is 10.0. The largest absolute Gasteiger partial charge is 0.458 e. The average molecular weight is 357 g/mol. The highest BCUT2D eigenvalue weighted by atomic mass is 79.9. The third kappa shape index (κ3) is 5.83. The Morgan fingerprint density at radius 2 is 1.90 bits per heavy atom. The number of ether oxygens (including phenoxy) is 1. The lowest BCUT2D eigenvalue weighted by Gasteiger charge is -2.26. The number of nitrogens with one attached hydrogen (secondary N) is 1. The molecule has 1 heterocycles. The molecule has 0 bridgehead atoms. The van der Waals surface area contributed by atoms with Gasteiger partial charge in [0.25, 0.3) is 5.91 Å². The van der Waals surface area contributed by atoms with E-state index in [1.165, 1.54) is 0 Å². The van der Waals surface area contributed by atoms with E-state index in [1.807, 2.05) is 13.8 Å². The summed E-state index contributed by atoms with van der Waals surface area (Å²) >= 11 is 3.21. The molecule has 116 valence electrons. The van der Waals surface area contributed by atoms with Crippen molar-refractivity contribution in [3.63, 3.8) is 0 Å². The van der Waals surface area contributed by atoms with Crippen LogP contribution in [0.4, 0.5) is 0 Å². The van der Waals surface area contributed by atoms with Crippen LogP contribution in [-0.2, 0) is 9.53 Å². The van der Waals surface area contributed by atoms with Crippen LogP contribution >= 0.6 is 15.9 Å². The minimum atomic E-state index is -0.711. The van der Waals surface area contributed by atoms with E-state index in [9.17, 15) is 9.59 Å². The van der Waals surface area contributed by atoms with Crippen LogP contribution in [0.1, 0.15) is 45.1 Å². The first-order valence-corrected chi connectivity index (χ1v) is 7.56. The molecule has 0 saturated heterocycles. The normalized spacial score (nSPS) is 12.9. The number of esters is 1. The van der Waals surface area contributed by atoms with Gasteiger partial charge in [-0.2, -0.15) is 0 Å². The maximum absolute atomic E-state index is 12.2. The number of amides is 1. The summed E-state index contributed by atoms with van der Waals surface area (Å²) in [5.74, 6) is -0.933. The molecule has 6 heteroatoms. The van der Waals surface area contributed by atoms with E-state index in [2.05, 4.69) is 26.2 Å². The average Bonchev–Trinajstić information content (AvgIpc) is 2.32. The van der Waals surface area contributed by atoms with Crippen molar-refractivity contribution in [3.05, 3.63) is 28.5 Å². The maximum Gasteiger partial charge on any atom is 0.329 e. The fourth-order valence-corrected chi connectivity index (χ4v) is 1.96. The summed E-state index contributed by atoms with van der Waals surface area (Å²) in [5, 5.41) is 2.69. The van der Waals surface area contributed by atoms with Gasteiger partial charge in [-0.25, -0.2) is 9.78 Å². The van der Waals surface area contributed by atoms with Gasteiger partial charge in [0.05, 0.1) is 0 Å². The molecule has 0 spiro atoms. The van der Waals surface area contributed by atoms with Crippen LogP contribution in [0, 0.1) is 5.92 Å². The molecule has 5 nitrogen and oxygen atoms in total. The van der Waals surface area contributed by atoms with Crippen molar-refractivity contribution in [2.75, 3.05) is 0 Å². The molecule has 0 aliphatic rings. The molecule has 1 amide bonds. The van der Waals surface area contributed by atoms with Crippen molar-refractivity contribution in [1.29, 1.82) is 0 Å². The first-order valence-electron chi connectivity index (χ1n) is 6.76. The molecule has 1 rings (SSSR count). The van der Waals surface area contributed by atoms with Crippen molar-refractivity contribution >= 4 is 27.8 Å². The van der Waals surface area contributed by atoms with Gasteiger partial charge in [0.1, 0.15) is 21.9 Å². The van der Waals surface area contributed by atoms with E-state index in [4.69, 9.17) is 4.74 Å². The Balaban J connectivity index is 2.84. The smallest absolute Gasteiger partial charge is 0.329 e. The van der Waals surface area contributed by atoms with E-state index in [0.29, 0.717) is 4.60 Å². The maximum atomic E-state index is 12.2. The first kappa shape index (κ1) is 17.6. The Morgan fingerprint density at radius 3 is 2.38 bits per heavy atom. The van der Waals surface area contributed by atoms with Crippen molar-refractivity contribution in [3.8, 4) is 0 Å². The van der Waals surface area contributed by atoms with Crippen LogP contribution in [0.3, 0.4) is 0 Å². The van der Waals surface area contributed by atoms with Gasteiger partial charge < -0.3 is 10.1 Å². The molecule has 21 heavy (non-hydrogen) atoms. The predicted octanol–water partition coefficient (Wildman–Crippen LogP) is 2.94. The van der Waals surface area contributed by atoms with E-state index < -0.39 is 23.5 Å². The van der Waals surface area contributed by atoms with Gasteiger partial charge in [0.2, 0.25) is 0 Å². The van der Waals surface area contributed by atoms with Gasteiger partial charge in [-0.15, -0.1) is 0 Å². The van der Waals surface area contributed by atoms with Crippen LogP contribution in [0.25, 0.3) is 0 Å². The summed E-state index contributed by atoms with van der Waals surface area (Å²) < 4.78 is 5.90. The Bertz CT molecular complexity index is 524. The fraction of sp³-hybridized carbons (Fsp3) is 0.533. The topological polar surface area (TPSA) is 68.3 Å². The summed E-state index contributed by atoms with van der Waals surface area (Å²) in [5.41, 5.74) is -0.346. The highest BCUT2D eigenvalue weighted by Gasteiger charge is 2.29. The van der Waals surface area contributed by atoms with E-state index in [0.717, 1.165) is 0 Å². The van der Waals surface area contributed by atoms with Crippen molar-refractivity contribution in [1.82, 2.24) is 10.3 Å². The number of pyridine rings is 1. The van der Waals surface area contributed by atoms with Crippen LogP contribution in [-0.4, -0.2) is 28.5 Å². The monoisotopic (exact) mass is 356 g/mol. The van der Waals surface area contributed by atoms with Gasteiger partial charge in [0.15, 0.2) is 0 Å². The third-order valence-corrected chi connectivity index (χ3v) is 3.00. The van der Waals surface area contributed by atoms with Gasteiger partial charge >= 0.3 is 5.97 Å². The molecule has 0 aliphatic carbocycles. The van der Waals surface area contributed by atoms with Crippen LogP contribution in [0.5, 0.6) is 0 Å². The second-order valence-corrected chi connectivity index (χ2v) is 6.89. The van der Waals surface area contributed by atoms with Crippen molar-refractivity contribution in [2.45, 2.75) is 46.3 Å². The molecule has 0 radical (unpaired) electrons. The first-order chi connectivity index (χ1) is 9.60. The predicted molar refractivity (Wildman–Crippen MR) is 83.9 cm³/mol. The Morgan fingerprint density at radius 1 is 1.29 bits per heavy atom. The lowest BCUT2D eigenvalue weighted by molar-refractivity contribution is -0.158. The third-order valence-electron chi connectivity index (χ3n) is 2.56. The second kappa shape index (κ2) is 7.02. The number of aromatic nitrogens is 1. The molecule has 1 aromatic heterocycles. The van der Waals surface area contributed by atoms with Gasteiger partial charge in [-0.1, -0.05) is 19.9 Å². The second-order valence-electron chi connectivity index (χ2n) is 6.07. The summed E-state index contributed by atoms with van der Waals surface area (Å²) in [6.45, 7) is 9.08. The number of carbonyl (C=O) groups excluding carboxylic acids is 2. The van der Waals surface area contributed by atoms with Gasteiger partial charge in [-0.3, -0.25) is 4.79 Å². The summed E-state index contributed by atoms with van der Waals surface area (Å²) in [4.78, 5) is 28.4. The molecule has 1 N–H and O–H groups in total. The minimum absolute atomic E-state index is 0.0871. The van der Waals surface area contributed by atoms with Crippen LogP contribution < -0.4 is 5.32 Å². The van der Waals surface area contributed by atoms with E-state index >= 15 is 0 Å². The fourth-order valence-electron chi connectivity index (χ4n) is 1.61. The molecule has 0 fully saturated rings. The molecular formula is C15H21BrN2O3. The van der Waals surface area contributed by atoms with Crippen molar-refractivity contribution in [2.24, 2.45) is 5.92 Å². The zero-order chi connectivity index (χ0) is 16.2. The summed E-state index contributed by atoms with van der Waals surface area (Å²) in [7, 11) is 0. The number of halogens is 1. The number of hydrogen-bond acceptors (Lipinski definition) is 4. The minimum Gasteiger partial charge on any atom is -0.458 e. The zero-order valence-corrected chi connectivity index (χ0v) is 14.5. The van der Waals surface area contributed by atoms with Crippen molar-refractivity contribution < 1.29 is 14.3 Å². The molecule has 0 aromatic carbocycles. The van der Waals surface area contributed by atoms with E-state index in [-0.39, 0.29) is 11.6 Å². The van der Waals surface area contributed by atoms with Gasteiger partial charge in [0, 0.05) is 0 Å². The Kier molecular flexibility index (Phi) is 5.89. The SMILES string of the molecule is CC(C)[C@H](NC(=O)c1cccc(Br)n1)C(=O)OC(C)(C)C. The molecule has 0 saturated carbocycles. The lowest BCUT2D eigenvalue weighted by Crippen LogP contribution is -2.47. The van der Waals surface area contributed by atoms with Crippen LogP contribution in [0.15, 0.2) is 22.8 Å². The Labute approximate surface area is 133 Å². The zero-order valence-electron chi connectivity index (χ0n) is 12.9. The number of rotatable bonds is 4. The summed E-state index contributed by atoms with van der Waals surface area (Å²) in [6, 6.07) is 4.32. The summed E-state index contributed by atoms with van der Waals surface area (Å²) in [6.07, 6.45) is 0. The molecule has 0 aliphatic heterocycles. The molecule has 1 aromatic rings. The molecular weight excluding hydrogens is 336 g/mol. The number of hydrogen-bond donors (Lipinski definition) is 1. The highest BCUT2D eigenvalue weighted by molar-refractivity contribution is 9.10. The molecule has 0 unspecified atom stereocenters.